The highest BCUT2D eigenvalue weighted by Crippen LogP contribution is 1.92. The molecule has 0 aliphatic carbocycles. The van der Waals surface area contributed by atoms with Crippen LogP contribution in [-0.2, 0) is 19.1 Å². The zero-order valence-electron chi connectivity index (χ0n) is 9.75. The van der Waals surface area contributed by atoms with Gasteiger partial charge in [-0.3, -0.25) is 19.7 Å². The molecular formula is C10H17N3O4. The van der Waals surface area contributed by atoms with E-state index in [1.807, 2.05) is 0 Å². The predicted octanol–water partition coefficient (Wildman–Crippen LogP) is -1.86. The summed E-state index contributed by atoms with van der Waals surface area (Å²) in [6.07, 6.45) is 0.823. The van der Waals surface area contributed by atoms with Crippen molar-refractivity contribution in [2.24, 2.45) is 0 Å². The first-order chi connectivity index (χ1) is 8.13. The van der Waals surface area contributed by atoms with Crippen LogP contribution in [-0.4, -0.2) is 50.6 Å². The van der Waals surface area contributed by atoms with E-state index in [1.165, 1.54) is 7.11 Å². The van der Waals surface area contributed by atoms with Crippen molar-refractivity contribution < 1.29 is 19.1 Å². The molecule has 0 aromatic rings. The number of hydrogen-bond donors (Lipinski definition) is 3. The fraction of sp³-hybridized carbons (Fsp3) is 0.700. The first-order valence-electron chi connectivity index (χ1n) is 5.48. The van der Waals surface area contributed by atoms with E-state index in [9.17, 15) is 14.4 Å². The lowest BCUT2D eigenvalue weighted by Gasteiger charge is -2.23. The van der Waals surface area contributed by atoms with Crippen LogP contribution in [0.1, 0.15) is 12.8 Å². The van der Waals surface area contributed by atoms with E-state index < -0.39 is 6.04 Å². The first-order valence-corrected chi connectivity index (χ1v) is 5.48. The summed E-state index contributed by atoms with van der Waals surface area (Å²) in [6.45, 7) is 0.863. The Hall–Kier alpha value is -1.63. The van der Waals surface area contributed by atoms with Crippen molar-refractivity contribution in [2.45, 2.75) is 18.9 Å². The molecule has 7 heteroatoms. The Morgan fingerprint density at radius 1 is 1.53 bits per heavy atom. The SMILES string of the molecule is COC(=O)CCCNC(=O)C1CNC(=O)CN1. The molecule has 1 rings (SSSR count). The minimum absolute atomic E-state index is 0.111. The molecule has 7 nitrogen and oxygen atoms in total. The van der Waals surface area contributed by atoms with E-state index in [0.717, 1.165) is 0 Å². The summed E-state index contributed by atoms with van der Waals surface area (Å²) < 4.78 is 4.47. The maximum absolute atomic E-state index is 11.6. The molecule has 1 fully saturated rings. The first kappa shape index (κ1) is 13.4. The Morgan fingerprint density at radius 2 is 2.29 bits per heavy atom. The number of amides is 2. The van der Waals surface area contributed by atoms with Gasteiger partial charge < -0.3 is 15.4 Å². The van der Waals surface area contributed by atoms with Gasteiger partial charge in [-0.2, -0.15) is 0 Å². The zero-order chi connectivity index (χ0) is 12.7. The summed E-state index contributed by atoms with van der Waals surface area (Å²) in [7, 11) is 1.33. The third-order valence-corrected chi connectivity index (χ3v) is 2.41. The maximum atomic E-state index is 11.6. The Kier molecular flexibility index (Phi) is 5.41. The number of nitrogens with one attached hydrogen (secondary N) is 3. The highest BCUT2D eigenvalue weighted by Gasteiger charge is 2.23. The summed E-state index contributed by atoms with van der Waals surface area (Å²) in [4.78, 5) is 33.2. The van der Waals surface area contributed by atoms with E-state index in [-0.39, 0.29) is 30.7 Å². The lowest BCUT2D eigenvalue weighted by Crippen LogP contribution is -2.58. The van der Waals surface area contributed by atoms with Crippen LogP contribution in [0, 0.1) is 0 Å². The predicted molar refractivity (Wildman–Crippen MR) is 59.1 cm³/mol. The molecule has 0 bridgehead atoms. The third-order valence-electron chi connectivity index (χ3n) is 2.41. The van der Waals surface area contributed by atoms with E-state index in [4.69, 9.17) is 0 Å². The van der Waals surface area contributed by atoms with Gasteiger partial charge in [-0.05, 0) is 6.42 Å². The van der Waals surface area contributed by atoms with Crippen molar-refractivity contribution in [2.75, 3.05) is 26.7 Å². The highest BCUT2D eigenvalue weighted by molar-refractivity contribution is 5.86. The molecule has 2 amide bonds. The van der Waals surface area contributed by atoms with E-state index in [0.29, 0.717) is 19.5 Å². The maximum Gasteiger partial charge on any atom is 0.305 e. The third kappa shape index (κ3) is 4.81. The van der Waals surface area contributed by atoms with Gasteiger partial charge in [0.1, 0.15) is 6.04 Å². The van der Waals surface area contributed by atoms with Gasteiger partial charge in [-0.1, -0.05) is 0 Å². The fourth-order valence-corrected chi connectivity index (χ4v) is 1.42. The molecule has 0 radical (unpaired) electrons. The largest absolute Gasteiger partial charge is 0.469 e. The van der Waals surface area contributed by atoms with Crippen LogP contribution < -0.4 is 16.0 Å². The summed E-state index contributed by atoms with van der Waals surface area (Å²) >= 11 is 0. The van der Waals surface area contributed by atoms with Crippen LogP contribution in [0.25, 0.3) is 0 Å². The van der Waals surface area contributed by atoms with Crippen molar-refractivity contribution >= 4 is 17.8 Å². The summed E-state index contributed by atoms with van der Waals surface area (Å²) in [5.41, 5.74) is 0. The normalized spacial score (nSPS) is 19.4. The second-order valence-corrected chi connectivity index (χ2v) is 3.71. The topological polar surface area (TPSA) is 96.5 Å². The fourth-order valence-electron chi connectivity index (χ4n) is 1.42. The molecule has 17 heavy (non-hydrogen) atoms. The highest BCUT2D eigenvalue weighted by atomic mass is 16.5. The average molecular weight is 243 g/mol. The molecule has 1 heterocycles. The van der Waals surface area contributed by atoms with Crippen LogP contribution in [0.15, 0.2) is 0 Å². The molecule has 1 atom stereocenters. The molecule has 0 spiro atoms. The lowest BCUT2D eigenvalue weighted by molar-refractivity contribution is -0.141. The average Bonchev–Trinajstić information content (AvgIpc) is 2.34. The van der Waals surface area contributed by atoms with Crippen molar-refractivity contribution in [1.82, 2.24) is 16.0 Å². The number of carbonyl (C=O) groups excluding carboxylic acids is 3. The smallest absolute Gasteiger partial charge is 0.305 e. The van der Waals surface area contributed by atoms with Gasteiger partial charge in [0.15, 0.2) is 0 Å². The number of ether oxygens (including phenoxy) is 1. The Bertz CT molecular complexity index is 296. The Balaban J connectivity index is 2.12. The van der Waals surface area contributed by atoms with Crippen molar-refractivity contribution in [3.63, 3.8) is 0 Å². The molecule has 0 aromatic carbocycles. The second kappa shape index (κ2) is 6.85. The van der Waals surface area contributed by atoms with Crippen LogP contribution in [0.2, 0.25) is 0 Å². The molecule has 1 aliphatic heterocycles. The minimum atomic E-state index is -0.397. The monoisotopic (exact) mass is 243 g/mol. The van der Waals surface area contributed by atoms with Crippen molar-refractivity contribution in [1.29, 1.82) is 0 Å². The van der Waals surface area contributed by atoms with Crippen LogP contribution >= 0.6 is 0 Å². The van der Waals surface area contributed by atoms with Gasteiger partial charge in [0.25, 0.3) is 0 Å². The van der Waals surface area contributed by atoms with Gasteiger partial charge >= 0.3 is 5.97 Å². The van der Waals surface area contributed by atoms with Gasteiger partial charge in [0.2, 0.25) is 11.8 Å². The quantitative estimate of drug-likeness (QED) is 0.389. The standard InChI is InChI=1S/C10H17N3O4/c1-17-9(15)3-2-4-11-10(16)7-5-13-8(14)6-12-7/h7,12H,2-6H2,1H3,(H,11,16)(H,13,14). The number of hydrogen-bond acceptors (Lipinski definition) is 5. The number of methoxy groups -OCH3 is 1. The van der Waals surface area contributed by atoms with Crippen molar-refractivity contribution in [3.8, 4) is 0 Å². The molecule has 0 saturated carbocycles. The van der Waals surface area contributed by atoms with Crippen LogP contribution in [0.3, 0.4) is 0 Å². The van der Waals surface area contributed by atoms with Gasteiger partial charge in [0, 0.05) is 19.5 Å². The van der Waals surface area contributed by atoms with Gasteiger partial charge in [0.05, 0.1) is 13.7 Å². The molecular weight excluding hydrogens is 226 g/mol. The second-order valence-electron chi connectivity index (χ2n) is 3.71. The molecule has 96 valence electrons. The van der Waals surface area contributed by atoms with Gasteiger partial charge in [-0.25, -0.2) is 0 Å². The number of rotatable bonds is 5. The molecule has 1 saturated heterocycles. The van der Waals surface area contributed by atoms with E-state index in [1.54, 1.807) is 0 Å². The van der Waals surface area contributed by atoms with Crippen LogP contribution in [0.5, 0.6) is 0 Å². The summed E-state index contributed by atoms with van der Waals surface area (Å²) in [5.74, 6) is -0.572. The lowest BCUT2D eigenvalue weighted by atomic mass is 10.2. The number of carbonyl (C=O) groups is 3. The molecule has 1 unspecified atom stereocenters. The van der Waals surface area contributed by atoms with Crippen LogP contribution in [0.4, 0.5) is 0 Å². The molecule has 1 aliphatic rings. The molecule has 3 N–H and O–H groups in total. The summed E-state index contributed by atoms with van der Waals surface area (Å²) in [6, 6.07) is -0.397. The van der Waals surface area contributed by atoms with Gasteiger partial charge in [-0.15, -0.1) is 0 Å². The van der Waals surface area contributed by atoms with E-state index in [2.05, 4.69) is 20.7 Å². The number of esters is 1. The Labute approximate surface area is 99.3 Å². The summed E-state index contributed by atoms with van der Waals surface area (Å²) in [5, 5.41) is 8.09. The van der Waals surface area contributed by atoms with E-state index >= 15 is 0 Å². The van der Waals surface area contributed by atoms with Crippen molar-refractivity contribution in [3.05, 3.63) is 0 Å². The minimum Gasteiger partial charge on any atom is -0.469 e. The molecule has 0 aromatic heterocycles. The zero-order valence-corrected chi connectivity index (χ0v) is 9.75. The Morgan fingerprint density at radius 3 is 2.88 bits per heavy atom. The number of piperazine rings is 1.